The van der Waals surface area contributed by atoms with Crippen molar-refractivity contribution in [3.8, 4) is 0 Å². The molecule has 0 spiro atoms. The molecule has 4 nitrogen and oxygen atoms in total. The molecular weight excluding hydrogens is 368 g/mol. The number of sulfonamides is 1. The third-order valence-electron chi connectivity index (χ3n) is 4.89. The van der Waals surface area contributed by atoms with E-state index in [4.69, 9.17) is 5.73 Å². The Kier molecular flexibility index (Phi) is 4.69. The largest absolute Gasteiger partial charge is 0.399 e. The van der Waals surface area contributed by atoms with Crippen LogP contribution in [-0.4, -0.2) is 14.7 Å². The molecule has 28 heavy (non-hydrogen) atoms. The van der Waals surface area contributed by atoms with Crippen LogP contribution in [0, 0.1) is 0 Å². The number of aryl methyl sites for hydroxylation is 2. The van der Waals surface area contributed by atoms with Crippen LogP contribution in [-0.2, 0) is 22.9 Å². The van der Waals surface area contributed by atoms with Gasteiger partial charge in [-0.15, -0.1) is 0 Å². The van der Waals surface area contributed by atoms with Crippen molar-refractivity contribution in [1.82, 2.24) is 0 Å². The minimum atomic E-state index is -3.32. The second-order valence-electron chi connectivity index (χ2n) is 7.13. The van der Waals surface area contributed by atoms with E-state index in [2.05, 4.69) is 47.2 Å². The van der Waals surface area contributed by atoms with Gasteiger partial charge in [0.25, 0.3) is 0 Å². The van der Waals surface area contributed by atoms with Crippen molar-refractivity contribution in [2.45, 2.75) is 12.8 Å². The number of nitrogens with one attached hydrogen (secondary N) is 1. The summed E-state index contributed by atoms with van der Waals surface area (Å²) in [4.78, 5) is 0. The van der Waals surface area contributed by atoms with Crippen molar-refractivity contribution in [3.63, 3.8) is 0 Å². The number of rotatable bonds is 3. The number of benzene rings is 3. The van der Waals surface area contributed by atoms with Crippen LogP contribution in [0.1, 0.15) is 27.8 Å². The minimum absolute atomic E-state index is 0.552. The molecule has 3 aromatic carbocycles. The second kappa shape index (κ2) is 7.17. The van der Waals surface area contributed by atoms with E-state index in [1.165, 1.54) is 22.3 Å². The molecule has 5 heteroatoms. The molecule has 0 heterocycles. The molecular formula is C23H22N2O2S. The Morgan fingerprint density at radius 2 is 1.64 bits per heavy atom. The van der Waals surface area contributed by atoms with Crippen LogP contribution >= 0.6 is 0 Å². The number of fused-ring (bicyclic) bond motifs is 2. The molecule has 142 valence electrons. The standard InChI is InChI=1S/C23H22N2O2S/c1-28(26,27)25-20-7-4-5-16(13-20)14-23-21-8-3-2-6-17(21)9-10-18-15-19(24)11-12-22(18)23/h2-8,11-15,25H,9-10,24H2,1H3. The maximum Gasteiger partial charge on any atom is 0.229 e. The van der Waals surface area contributed by atoms with Gasteiger partial charge in [0.2, 0.25) is 10.0 Å². The SMILES string of the molecule is CS(=O)(=O)Nc1cccc(C=C2c3ccccc3CCc3cc(N)ccc32)c1. The molecule has 0 amide bonds. The molecule has 1 aliphatic rings. The molecule has 0 fully saturated rings. The number of anilines is 2. The predicted octanol–water partition coefficient (Wildman–Crippen LogP) is 4.33. The monoisotopic (exact) mass is 390 g/mol. The van der Waals surface area contributed by atoms with Crippen LogP contribution in [0.4, 0.5) is 11.4 Å². The molecule has 3 N–H and O–H groups in total. The first-order valence-corrected chi connectivity index (χ1v) is 11.0. The van der Waals surface area contributed by atoms with E-state index in [1.54, 1.807) is 6.07 Å². The summed E-state index contributed by atoms with van der Waals surface area (Å²) in [5.41, 5.74) is 14.3. The van der Waals surface area contributed by atoms with E-state index in [9.17, 15) is 8.42 Å². The summed E-state index contributed by atoms with van der Waals surface area (Å²) in [6.07, 6.45) is 5.16. The van der Waals surface area contributed by atoms with Crippen molar-refractivity contribution in [3.05, 3.63) is 94.5 Å². The number of hydrogen-bond donors (Lipinski definition) is 2. The molecule has 0 saturated heterocycles. The summed E-state index contributed by atoms with van der Waals surface area (Å²) in [5, 5.41) is 0. The molecule has 0 bridgehead atoms. The van der Waals surface area contributed by atoms with Gasteiger partial charge in [0.1, 0.15) is 0 Å². The molecule has 0 aromatic heterocycles. The van der Waals surface area contributed by atoms with Crippen LogP contribution in [0.5, 0.6) is 0 Å². The number of nitrogens with two attached hydrogens (primary N) is 1. The van der Waals surface area contributed by atoms with E-state index in [1.807, 2.05) is 24.3 Å². The summed E-state index contributed by atoms with van der Waals surface area (Å²) in [7, 11) is -3.32. The lowest BCUT2D eigenvalue weighted by atomic mass is 9.92. The first-order valence-electron chi connectivity index (χ1n) is 9.16. The van der Waals surface area contributed by atoms with Gasteiger partial charge >= 0.3 is 0 Å². The Morgan fingerprint density at radius 3 is 2.46 bits per heavy atom. The Balaban J connectivity index is 1.88. The molecule has 1 aliphatic carbocycles. The summed E-state index contributed by atoms with van der Waals surface area (Å²) >= 11 is 0. The predicted molar refractivity (Wildman–Crippen MR) is 117 cm³/mol. The molecule has 0 unspecified atom stereocenters. The van der Waals surface area contributed by atoms with Gasteiger partial charge in [0.15, 0.2) is 0 Å². The topological polar surface area (TPSA) is 72.2 Å². The van der Waals surface area contributed by atoms with Gasteiger partial charge in [0.05, 0.1) is 6.26 Å². The van der Waals surface area contributed by atoms with Gasteiger partial charge in [0, 0.05) is 11.4 Å². The van der Waals surface area contributed by atoms with Crippen molar-refractivity contribution >= 4 is 33.0 Å². The fourth-order valence-corrected chi connectivity index (χ4v) is 4.28. The van der Waals surface area contributed by atoms with Crippen LogP contribution in [0.25, 0.3) is 11.6 Å². The first-order chi connectivity index (χ1) is 13.4. The molecule has 0 atom stereocenters. The van der Waals surface area contributed by atoms with Crippen molar-refractivity contribution in [2.75, 3.05) is 16.7 Å². The lowest BCUT2D eigenvalue weighted by Crippen LogP contribution is -2.09. The van der Waals surface area contributed by atoms with Gasteiger partial charge in [-0.3, -0.25) is 4.72 Å². The highest BCUT2D eigenvalue weighted by molar-refractivity contribution is 7.92. The fraction of sp³-hybridized carbons (Fsp3) is 0.130. The zero-order valence-electron chi connectivity index (χ0n) is 15.6. The van der Waals surface area contributed by atoms with Gasteiger partial charge in [-0.2, -0.15) is 0 Å². The van der Waals surface area contributed by atoms with Crippen molar-refractivity contribution in [1.29, 1.82) is 0 Å². The highest BCUT2D eigenvalue weighted by Gasteiger charge is 2.18. The van der Waals surface area contributed by atoms with E-state index < -0.39 is 10.0 Å². The molecule has 4 rings (SSSR count). The lowest BCUT2D eigenvalue weighted by molar-refractivity contribution is 0.607. The second-order valence-corrected chi connectivity index (χ2v) is 8.88. The summed E-state index contributed by atoms with van der Waals surface area (Å²) in [6.45, 7) is 0. The third kappa shape index (κ3) is 3.94. The lowest BCUT2D eigenvalue weighted by Gasteiger charge is -2.13. The third-order valence-corrected chi connectivity index (χ3v) is 5.50. The Morgan fingerprint density at radius 1 is 0.893 bits per heavy atom. The molecule has 0 aliphatic heterocycles. The van der Waals surface area contributed by atoms with Gasteiger partial charge in [-0.1, -0.05) is 42.5 Å². The Hall–Kier alpha value is -3.05. The van der Waals surface area contributed by atoms with E-state index in [0.717, 1.165) is 35.9 Å². The molecule has 0 radical (unpaired) electrons. The zero-order valence-corrected chi connectivity index (χ0v) is 16.5. The van der Waals surface area contributed by atoms with Crippen LogP contribution in [0.2, 0.25) is 0 Å². The van der Waals surface area contributed by atoms with Crippen LogP contribution in [0.15, 0.2) is 66.7 Å². The van der Waals surface area contributed by atoms with Crippen LogP contribution < -0.4 is 10.5 Å². The molecule has 3 aromatic rings. The van der Waals surface area contributed by atoms with Gasteiger partial charge in [-0.05, 0) is 76.6 Å². The highest BCUT2D eigenvalue weighted by Crippen LogP contribution is 2.36. The Labute approximate surface area is 165 Å². The Bertz CT molecular complexity index is 1180. The van der Waals surface area contributed by atoms with E-state index in [-0.39, 0.29) is 0 Å². The summed E-state index contributed by atoms with van der Waals surface area (Å²) in [6, 6.07) is 21.9. The smallest absolute Gasteiger partial charge is 0.229 e. The fourth-order valence-electron chi connectivity index (χ4n) is 3.73. The van der Waals surface area contributed by atoms with Gasteiger partial charge < -0.3 is 5.73 Å². The average molecular weight is 391 g/mol. The van der Waals surface area contributed by atoms with Crippen molar-refractivity contribution in [2.24, 2.45) is 0 Å². The minimum Gasteiger partial charge on any atom is -0.399 e. The van der Waals surface area contributed by atoms with Crippen LogP contribution in [0.3, 0.4) is 0 Å². The first kappa shape index (κ1) is 18.3. The number of hydrogen-bond acceptors (Lipinski definition) is 3. The van der Waals surface area contributed by atoms with E-state index >= 15 is 0 Å². The summed E-state index contributed by atoms with van der Waals surface area (Å²) in [5.74, 6) is 0. The zero-order chi connectivity index (χ0) is 19.7. The van der Waals surface area contributed by atoms with E-state index in [0.29, 0.717) is 5.69 Å². The highest BCUT2D eigenvalue weighted by atomic mass is 32.2. The quantitative estimate of drug-likeness (QED) is 0.654. The normalized spacial score (nSPS) is 14.8. The maximum absolute atomic E-state index is 11.6. The average Bonchev–Trinajstić information content (AvgIpc) is 2.78. The molecule has 0 saturated carbocycles. The van der Waals surface area contributed by atoms with Crippen molar-refractivity contribution < 1.29 is 8.42 Å². The summed E-state index contributed by atoms with van der Waals surface area (Å²) < 4.78 is 25.7. The number of nitrogen functional groups attached to an aromatic ring is 1. The van der Waals surface area contributed by atoms with Gasteiger partial charge in [-0.25, -0.2) is 8.42 Å². The maximum atomic E-state index is 11.6.